The molecule has 2 aliphatic rings. The molecular weight excluding hydrogens is 284 g/mol. The molecule has 1 aliphatic heterocycles. The Labute approximate surface area is 131 Å². The molecule has 1 aromatic heterocycles. The Balaban J connectivity index is 1.50. The first-order valence-electron chi connectivity index (χ1n) is 8.00. The van der Waals surface area contributed by atoms with Gasteiger partial charge < -0.3 is 10.2 Å². The smallest absolute Gasteiger partial charge is 0.0443 e. The second-order valence-corrected chi connectivity index (χ2v) is 8.15. The van der Waals surface area contributed by atoms with E-state index >= 15 is 0 Å². The van der Waals surface area contributed by atoms with Crippen molar-refractivity contribution in [1.82, 2.24) is 10.2 Å². The van der Waals surface area contributed by atoms with Crippen molar-refractivity contribution in [3.05, 3.63) is 22.4 Å². The zero-order chi connectivity index (χ0) is 13.6. The Morgan fingerprint density at radius 3 is 2.75 bits per heavy atom. The van der Waals surface area contributed by atoms with Gasteiger partial charge in [0.25, 0.3) is 0 Å². The summed E-state index contributed by atoms with van der Waals surface area (Å²) < 4.78 is 0. The molecule has 0 bridgehead atoms. The third-order valence-corrected chi connectivity index (χ3v) is 6.51. The van der Waals surface area contributed by atoms with Crippen molar-refractivity contribution in [2.45, 2.75) is 31.7 Å². The van der Waals surface area contributed by atoms with Crippen LogP contribution in [-0.4, -0.2) is 42.6 Å². The monoisotopic (exact) mass is 310 g/mol. The van der Waals surface area contributed by atoms with E-state index in [4.69, 9.17) is 0 Å². The van der Waals surface area contributed by atoms with Gasteiger partial charge in [-0.05, 0) is 30.2 Å². The zero-order valence-corrected chi connectivity index (χ0v) is 13.9. The quantitative estimate of drug-likeness (QED) is 0.864. The normalized spacial score (nSPS) is 23.2. The molecule has 1 saturated carbocycles. The lowest BCUT2D eigenvalue weighted by Gasteiger charge is -2.29. The van der Waals surface area contributed by atoms with Crippen molar-refractivity contribution in [2.75, 3.05) is 37.7 Å². The molecule has 2 heterocycles. The third kappa shape index (κ3) is 4.00. The molecule has 1 saturated heterocycles. The van der Waals surface area contributed by atoms with Crippen LogP contribution in [0.25, 0.3) is 0 Å². The molecule has 1 atom stereocenters. The number of hydrogen-bond donors (Lipinski definition) is 1. The summed E-state index contributed by atoms with van der Waals surface area (Å²) in [5.41, 5.74) is 0. The Hall–Kier alpha value is -0.0300. The second kappa shape index (κ2) is 7.83. The van der Waals surface area contributed by atoms with Crippen LogP contribution in [0, 0.1) is 5.92 Å². The Morgan fingerprint density at radius 2 is 2.05 bits per heavy atom. The van der Waals surface area contributed by atoms with E-state index in [0.717, 1.165) is 12.5 Å². The van der Waals surface area contributed by atoms with Gasteiger partial charge in [0.05, 0.1) is 0 Å². The summed E-state index contributed by atoms with van der Waals surface area (Å²) in [6, 6.07) is 5.13. The fourth-order valence-corrected chi connectivity index (χ4v) is 5.33. The first-order chi connectivity index (χ1) is 9.93. The van der Waals surface area contributed by atoms with Gasteiger partial charge in [0.2, 0.25) is 0 Å². The van der Waals surface area contributed by atoms with Gasteiger partial charge in [-0.15, -0.1) is 11.3 Å². The molecule has 3 rings (SSSR count). The Kier molecular flexibility index (Phi) is 5.83. The molecule has 2 nitrogen and oxygen atoms in total. The number of rotatable bonds is 6. The molecule has 0 amide bonds. The summed E-state index contributed by atoms with van der Waals surface area (Å²) in [6.45, 7) is 4.91. The van der Waals surface area contributed by atoms with Crippen LogP contribution in [0.2, 0.25) is 0 Å². The van der Waals surface area contributed by atoms with Crippen molar-refractivity contribution in [3.63, 3.8) is 0 Å². The minimum atomic E-state index is 0.608. The van der Waals surface area contributed by atoms with E-state index in [1.807, 2.05) is 11.3 Å². The first-order valence-corrected chi connectivity index (χ1v) is 10.0. The minimum absolute atomic E-state index is 0.608. The maximum Gasteiger partial charge on any atom is 0.0443 e. The van der Waals surface area contributed by atoms with Crippen molar-refractivity contribution in [1.29, 1.82) is 0 Å². The summed E-state index contributed by atoms with van der Waals surface area (Å²) in [7, 11) is 0. The maximum atomic E-state index is 3.87. The summed E-state index contributed by atoms with van der Waals surface area (Å²) >= 11 is 4.02. The van der Waals surface area contributed by atoms with Crippen molar-refractivity contribution in [2.24, 2.45) is 5.92 Å². The van der Waals surface area contributed by atoms with Crippen LogP contribution in [0.1, 0.15) is 36.6 Å². The molecule has 20 heavy (non-hydrogen) atoms. The van der Waals surface area contributed by atoms with E-state index in [9.17, 15) is 0 Å². The van der Waals surface area contributed by atoms with Gasteiger partial charge in [0.1, 0.15) is 0 Å². The van der Waals surface area contributed by atoms with Gasteiger partial charge in [0, 0.05) is 48.6 Å². The topological polar surface area (TPSA) is 15.3 Å². The molecule has 0 aromatic carbocycles. The summed E-state index contributed by atoms with van der Waals surface area (Å²) in [5.74, 6) is 3.50. The van der Waals surface area contributed by atoms with Gasteiger partial charge in [-0.2, -0.15) is 11.8 Å². The van der Waals surface area contributed by atoms with Crippen LogP contribution < -0.4 is 5.32 Å². The molecule has 1 N–H and O–H groups in total. The second-order valence-electron chi connectivity index (χ2n) is 5.95. The molecule has 1 unspecified atom stereocenters. The number of nitrogens with one attached hydrogen (secondary N) is 1. The zero-order valence-electron chi connectivity index (χ0n) is 12.2. The van der Waals surface area contributed by atoms with E-state index in [1.165, 1.54) is 56.8 Å². The summed E-state index contributed by atoms with van der Waals surface area (Å²) in [4.78, 5) is 4.16. The average Bonchev–Trinajstić information content (AvgIpc) is 3.18. The van der Waals surface area contributed by atoms with Gasteiger partial charge in [-0.25, -0.2) is 0 Å². The van der Waals surface area contributed by atoms with Crippen molar-refractivity contribution in [3.8, 4) is 0 Å². The van der Waals surface area contributed by atoms with Gasteiger partial charge in [-0.1, -0.05) is 18.9 Å². The Bertz CT molecular complexity index is 368. The van der Waals surface area contributed by atoms with Crippen molar-refractivity contribution < 1.29 is 0 Å². The summed E-state index contributed by atoms with van der Waals surface area (Å²) in [6.07, 6.45) is 5.68. The largest absolute Gasteiger partial charge is 0.308 e. The van der Waals surface area contributed by atoms with Gasteiger partial charge in [-0.3, -0.25) is 0 Å². The highest BCUT2D eigenvalue weighted by molar-refractivity contribution is 7.99. The van der Waals surface area contributed by atoms with Crippen LogP contribution >= 0.6 is 23.1 Å². The van der Waals surface area contributed by atoms with Crippen LogP contribution in [0.3, 0.4) is 0 Å². The summed E-state index contributed by atoms with van der Waals surface area (Å²) in [5, 5.41) is 6.10. The average molecular weight is 311 g/mol. The SMILES string of the molecule is c1csc(C(NCCN2CCSCC2)C2CCCC2)c1. The highest BCUT2D eigenvalue weighted by Crippen LogP contribution is 2.37. The highest BCUT2D eigenvalue weighted by Gasteiger charge is 2.26. The molecule has 0 spiro atoms. The predicted octanol–water partition coefficient (Wildman–Crippen LogP) is 3.62. The number of thioether (sulfide) groups is 1. The lowest BCUT2D eigenvalue weighted by Crippen LogP contribution is -2.39. The van der Waals surface area contributed by atoms with Crippen LogP contribution in [0.5, 0.6) is 0 Å². The van der Waals surface area contributed by atoms with E-state index in [-0.39, 0.29) is 0 Å². The van der Waals surface area contributed by atoms with E-state index in [1.54, 1.807) is 4.88 Å². The van der Waals surface area contributed by atoms with Crippen molar-refractivity contribution >= 4 is 23.1 Å². The van der Waals surface area contributed by atoms with Crippen LogP contribution in [0.15, 0.2) is 17.5 Å². The molecular formula is C16H26N2S2. The molecule has 4 heteroatoms. The molecule has 2 fully saturated rings. The van der Waals surface area contributed by atoms with Crippen LogP contribution in [-0.2, 0) is 0 Å². The lowest BCUT2D eigenvalue weighted by atomic mass is 9.97. The standard InChI is InChI=1S/C16H26N2S2/c1-2-5-14(4-1)16(15-6-3-11-20-15)17-7-8-18-9-12-19-13-10-18/h3,6,11,14,16-17H,1-2,4-5,7-10,12-13H2. The molecule has 112 valence electrons. The van der Waals surface area contributed by atoms with Crippen LogP contribution in [0.4, 0.5) is 0 Å². The number of thiophene rings is 1. The molecule has 1 aliphatic carbocycles. The fraction of sp³-hybridized carbons (Fsp3) is 0.750. The lowest BCUT2D eigenvalue weighted by molar-refractivity contribution is 0.282. The molecule has 0 radical (unpaired) electrons. The highest BCUT2D eigenvalue weighted by atomic mass is 32.2. The van der Waals surface area contributed by atoms with Gasteiger partial charge >= 0.3 is 0 Å². The third-order valence-electron chi connectivity index (χ3n) is 4.62. The van der Waals surface area contributed by atoms with E-state index in [2.05, 4.69) is 39.5 Å². The number of nitrogens with zero attached hydrogens (tertiary/aromatic N) is 1. The number of hydrogen-bond acceptors (Lipinski definition) is 4. The minimum Gasteiger partial charge on any atom is -0.308 e. The predicted molar refractivity (Wildman–Crippen MR) is 90.8 cm³/mol. The molecule has 1 aromatic rings. The van der Waals surface area contributed by atoms with Gasteiger partial charge in [0.15, 0.2) is 0 Å². The first kappa shape index (κ1) is 14.9. The van der Waals surface area contributed by atoms with E-state index in [0.29, 0.717) is 6.04 Å². The van der Waals surface area contributed by atoms with E-state index < -0.39 is 0 Å². The maximum absolute atomic E-state index is 3.87. The fourth-order valence-electron chi connectivity index (χ4n) is 3.46. The Morgan fingerprint density at radius 1 is 1.25 bits per heavy atom.